The number of hydrogen-bond donors (Lipinski definition) is 2. The first-order valence-electron chi connectivity index (χ1n) is 8.26. The number of carbonyl (C=O) groups is 1. The molecule has 26 heavy (non-hydrogen) atoms. The summed E-state index contributed by atoms with van der Waals surface area (Å²) in [6.45, 7) is 5.08. The quantitative estimate of drug-likeness (QED) is 0.750. The fourth-order valence-corrected chi connectivity index (χ4v) is 3.54. The van der Waals surface area contributed by atoms with Crippen LogP contribution in [0.1, 0.15) is 19.4 Å². The Morgan fingerprint density at radius 1 is 1.04 bits per heavy atom. The Morgan fingerprint density at radius 2 is 1.65 bits per heavy atom. The first kappa shape index (κ1) is 20.2. The number of anilines is 1. The molecule has 0 radical (unpaired) electrons. The van der Waals surface area contributed by atoms with E-state index < -0.39 is 10.0 Å². The van der Waals surface area contributed by atoms with Gasteiger partial charge < -0.3 is 10.2 Å². The van der Waals surface area contributed by atoms with E-state index in [1.807, 2.05) is 13.8 Å². The molecular weight excluding hydrogens is 374 g/mol. The van der Waals surface area contributed by atoms with Gasteiger partial charge in [-0.2, -0.15) is 0 Å². The highest BCUT2D eigenvalue weighted by atomic mass is 35.5. The minimum atomic E-state index is -3.68. The molecule has 0 aromatic heterocycles. The Labute approximate surface area is 159 Å². The van der Waals surface area contributed by atoms with Crippen LogP contribution in [0.25, 0.3) is 0 Å². The van der Waals surface area contributed by atoms with E-state index in [-0.39, 0.29) is 17.5 Å². The van der Waals surface area contributed by atoms with Crippen LogP contribution in [0.2, 0.25) is 5.02 Å². The molecule has 140 valence electrons. The molecule has 6 nitrogen and oxygen atoms in total. The Kier molecular flexibility index (Phi) is 7.02. The molecule has 0 atom stereocenters. The summed E-state index contributed by atoms with van der Waals surface area (Å²) in [5.74, 6) is 0. The maximum Gasteiger partial charge on any atom is 0.321 e. The number of nitrogens with zero attached hydrogens (tertiary/aromatic N) is 1. The first-order valence-corrected chi connectivity index (χ1v) is 10.1. The summed E-state index contributed by atoms with van der Waals surface area (Å²) < 4.78 is 27.3. The van der Waals surface area contributed by atoms with Gasteiger partial charge in [-0.05, 0) is 49.7 Å². The average molecular weight is 396 g/mol. The zero-order valence-electron chi connectivity index (χ0n) is 14.7. The third kappa shape index (κ3) is 5.20. The van der Waals surface area contributed by atoms with Crippen LogP contribution in [-0.2, 0) is 16.6 Å². The smallest absolute Gasteiger partial charge is 0.321 e. The minimum absolute atomic E-state index is 0.0997. The fourth-order valence-electron chi connectivity index (χ4n) is 2.33. The summed E-state index contributed by atoms with van der Waals surface area (Å²) in [4.78, 5) is 13.8. The molecule has 2 N–H and O–H groups in total. The second-order valence-electron chi connectivity index (χ2n) is 5.54. The molecule has 2 aromatic carbocycles. The fraction of sp³-hybridized carbons (Fsp3) is 0.278. The van der Waals surface area contributed by atoms with Crippen LogP contribution in [0, 0.1) is 0 Å². The SMILES string of the molecule is CCN(CC)C(=O)Nc1ccc(S(=O)(=O)NCc2ccccc2Cl)cc1. The van der Waals surface area contributed by atoms with E-state index in [1.54, 1.807) is 41.3 Å². The lowest BCUT2D eigenvalue weighted by atomic mass is 10.2. The zero-order chi connectivity index (χ0) is 19.2. The van der Waals surface area contributed by atoms with Crippen LogP contribution < -0.4 is 10.0 Å². The number of sulfonamides is 1. The summed E-state index contributed by atoms with van der Waals surface area (Å²) in [5, 5.41) is 3.25. The predicted octanol–water partition coefficient (Wildman–Crippen LogP) is 3.69. The molecule has 0 saturated heterocycles. The van der Waals surface area contributed by atoms with E-state index >= 15 is 0 Å². The van der Waals surface area contributed by atoms with Crippen molar-refractivity contribution in [2.24, 2.45) is 0 Å². The van der Waals surface area contributed by atoms with Gasteiger partial charge in [0.05, 0.1) is 4.90 Å². The predicted molar refractivity (Wildman–Crippen MR) is 104 cm³/mol. The molecule has 0 aliphatic carbocycles. The van der Waals surface area contributed by atoms with E-state index in [0.29, 0.717) is 29.4 Å². The number of carbonyl (C=O) groups excluding carboxylic acids is 1. The van der Waals surface area contributed by atoms with E-state index in [9.17, 15) is 13.2 Å². The normalized spacial score (nSPS) is 11.2. The second kappa shape index (κ2) is 9.02. The van der Waals surface area contributed by atoms with Crippen LogP contribution in [0.5, 0.6) is 0 Å². The number of halogens is 1. The number of rotatable bonds is 7. The van der Waals surface area contributed by atoms with Crippen molar-refractivity contribution in [2.75, 3.05) is 18.4 Å². The van der Waals surface area contributed by atoms with Gasteiger partial charge in [0.15, 0.2) is 0 Å². The van der Waals surface area contributed by atoms with Gasteiger partial charge in [0.1, 0.15) is 0 Å². The highest BCUT2D eigenvalue weighted by Crippen LogP contribution is 2.17. The molecule has 2 amide bonds. The molecule has 0 heterocycles. The van der Waals surface area contributed by atoms with Gasteiger partial charge in [-0.25, -0.2) is 17.9 Å². The lowest BCUT2D eigenvalue weighted by Gasteiger charge is -2.19. The number of amides is 2. The van der Waals surface area contributed by atoms with Crippen molar-refractivity contribution in [3.8, 4) is 0 Å². The number of nitrogens with one attached hydrogen (secondary N) is 2. The maximum absolute atomic E-state index is 12.4. The van der Waals surface area contributed by atoms with Crippen molar-refractivity contribution < 1.29 is 13.2 Å². The van der Waals surface area contributed by atoms with Gasteiger partial charge in [-0.15, -0.1) is 0 Å². The topological polar surface area (TPSA) is 78.5 Å². The van der Waals surface area contributed by atoms with Crippen molar-refractivity contribution >= 4 is 33.3 Å². The van der Waals surface area contributed by atoms with Crippen LogP contribution >= 0.6 is 11.6 Å². The Hall–Kier alpha value is -2.09. The van der Waals surface area contributed by atoms with Gasteiger partial charge in [0, 0.05) is 30.3 Å². The molecular formula is C18H22ClN3O3S. The molecule has 0 aliphatic rings. The van der Waals surface area contributed by atoms with Crippen molar-refractivity contribution in [3.63, 3.8) is 0 Å². The monoisotopic (exact) mass is 395 g/mol. The zero-order valence-corrected chi connectivity index (χ0v) is 16.3. The molecule has 2 rings (SSSR count). The summed E-state index contributed by atoms with van der Waals surface area (Å²) in [7, 11) is -3.68. The second-order valence-corrected chi connectivity index (χ2v) is 7.72. The van der Waals surface area contributed by atoms with Crippen molar-refractivity contribution in [1.82, 2.24) is 9.62 Å². The number of benzene rings is 2. The molecule has 0 spiro atoms. The van der Waals surface area contributed by atoms with Crippen molar-refractivity contribution in [2.45, 2.75) is 25.3 Å². The Balaban J connectivity index is 2.04. The van der Waals surface area contributed by atoms with E-state index in [2.05, 4.69) is 10.0 Å². The standard InChI is InChI=1S/C18H22ClN3O3S/c1-3-22(4-2)18(23)21-15-9-11-16(12-10-15)26(24,25)20-13-14-7-5-6-8-17(14)19/h5-12,20H,3-4,13H2,1-2H3,(H,21,23). The van der Waals surface area contributed by atoms with E-state index in [1.165, 1.54) is 12.1 Å². The summed E-state index contributed by atoms with van der Waals surface area (Å²) in [6.07, 6.45) is 0. The van der Waals surface area contributed by atoms with E-state index in [0.717, 1.165) is 0 Å². The molecule has 2 aromatic rings. The van der Waals surface area contributed by atoms with Crippen LogP contribution in [0.3, 0.4) is 0 Å². The molecule has 0 unspecified atom stereocenters. The van der Waals surface area contributed by atoms with Gasteiger partial charge in [-0.1, -0.05) is 29.8 Å². The van der Waals surface area contributed by atoms with Crippen LogP contribution in [0.15, 0.2) is 53.4 Å². The van der Waals surface area contributed by atoms with Gasteiger partial charge >= 0.3 is 6.03 Å². The van der Waals surface area contributed by atoms with Crippen molar-refractivity contribution in [3.05, 3.63) is 59.1 Å². The maximum atomic E-state index is 12.4. The van der Waals surface area contributed by atoms with Crippen molar-refractivity contribution in [1.29, 1.82) is 0 Å². The molecule has 0 aliphatic heterocycles. The third-order valence-electron chi connectivity index (χ3n) is 3.88. The summed E-state index contributed by atoms with van der Waals surface area (Å²) >= 11 is 6.04. The number of urea groups is 1. The highest BCUT2D eigenvalue weighted by molar-refractivity contribution is 7.89. The third-order valence-corrected chi connectivity index (χ3v) is 5.66. The Morgan fingerprint density at radius 3 is 2.23 bits per heavy atom. The largest absolute Gasteiger partial charge is 0.325 e. The van der Waals surface area contributed by atoms with Crippen LogP contribution in [-0.4, -0.2) is 32.4 Å². The highest BCUT2D eigenvalue weighted by Gasteiger charge is 2.15. The lowest BCUT2D eigenvalue weighted by Crippen LogP contribution is -2.34. The molecule has 0 bridgehead atoms. The molecule has 0 fully saturated rings. The minimum Gasteiger partial charge on any atom is -0.325 e. The average Bonchev–Trinajstić information content (AvgIpc) is 2.62. The first-order chi connectivity index (χ1) is 12.4. The van der Waals surface area contributed by atoms with E-state index in [4.69, 9.17) is 11.6 Å². The molecule has 8 heteroatoms. The van der Waals surface area contributed by atoms with Gasteiger partial charge in [0.2, 0.25) is 10.0 Å². The number of hydrogen-bond acceptors (Lipinski definition) is 3. The van der Waals surface area contributed by atoms with Gasteiger partial charge in [0.25, 0.3) is 0 Å². The van der Waals surface area contributed by atoms with Crippen LogP contribution in [0.4, 0.5) is 10.5 Å². The van der Waals surface area contributed by atoms with Gasteiger partial charge in [-0.3, -0.25) is 0 Å². The molecule has 0 saturated carbocycles. The lowest BCUT2D eigenvalue weighted by molar-refractivity contribution is 0.217. The summed E-state index contributed by atoms with van der Waals surface area (Å²) in [6, 6.07) is 12.8. The Bertz CT molecular complexity index is 850. The summed E-state index contributed by atoms with van der Waals surface area (Å²) in [5.41, 5.74) is 1.23.